The van der Waals surface area contributed by atoms with E-state index in [0.29, 0.717) is 6.42 Å². The summed E-state index contributed by atoms with van der Waals surface area (Å²) in [5.74, 6) is -0.129. The highest BCUT2D eigenvalue weighted by molar-refractivity contribution is 9.10. The first-order valence-corrected chi connectivity index (χ1v) is 5.69. The molecule has 0 saturated heterocycles. The van der Waals surface area contributed by atoms with Gasteiger partial charge in [0, 0.05) is 21.2 Å². The van der Waals surface area contributed by atoms with Crippen LogP contribution in [0.5, 0.6) is 0 Å². The summed E-state index contributed by atoms with van der Waals surface area (Å²) in [4.78, 5) is 12.1. The van der Waals surface area contributed by atoms with E-state index in [0.717, 1.165) is 17.3 Å². The van der Waals surface area contributed by atoms with Crippen LogP contribution in [0.25, 0.3) is 0 Å². The number of carbonyl (C=O) groups excluding carboxylic acids is 1. The normalized spacial score (nSPS) is 10.0. The van der Waals surface area contributed by atoms with Crippen molar-refractivity contribution in [3.8, 4) is 0 Å². The van der Waals surface area contributed by atoms with Gasteiger partial charge in [-0.25, -0.2) is 0 Å². The number of thiophene rings is 1. The van der Waals surface area contributed by atoms with E-state index >= 15 is 0 Å². The Kier molecular flexibility index (Phi) is 4.45. The maximum Gasteiger partial charge on any atom is 0.305 e. The third kappa shape index (κ3) is 3.91. The third-order valence-electron chi connectivity index (χ3n) is 1.65. The van der Waals surface area contributed by atoms with Crippen molar-refractivity contribution in [1.82, 2.24) is 0 Å². The van der Waals surface area contributed by atoms with Gasteiger partial charge in [-0.15, -0.1) is 11.3 Å². The second-order valence-electron chi connectivity index (χ2n) is 2.66. The molecular weight excluding hydrogens is 252 g/mol. The fourth-order valence-electron chi connectivity index (χ4n) is 0.994. The van der Waals surface area contributed by atoms with Gasteiger partial charge >= 0.3 is 5.97 Å². The molecule has 1 heterocycles. The predicted octanol–water partition coefficient (Wildman–Crippen LogP) is 3.01. The highest BCUT2D eigenvalue weighted by atomic mass is 79.9. The Balaban J connectivity index is 2.24. The molecule has 0 aliphatic carbocycles. The summed E-state index contributed by atoms with van der Waals surface area (Å²) in [6, 6.07) is 2.09. The van der Waals surface area contributed by atoms with Crippen molar-refractivity contribution in [2.24, 2.45) is 0 Å². The number of hydrogen-bond donors (Lipinski definition) is 0. The van der Waals surface area contributed by atoms with E-state index in [2.05, 4.69) is 26.7 Å². The largest absolute Gasteiger partial charge is 0.469 e. The number of hydrogen-bond acceptors (Lipinski definition) is 3. The first-order valence-electron chi connectivity index (χ1n) is 4.02. The molecule has 1 aromatic heterocycles. The SMILES string of the molecule is COC(=O)CCCc1cc(Br)cs1. The number of ether oxygens (including phenoxy) is 1. The smallest absolute Gasteiger partial charge is 0.305 e. The summed E-state index contributed by atoms with van der Waals surface area (Å²) in [7, 11) is 1.42. The highest BCUT2D eigenvalue weighted by Crippen LogP contribution is 2.21. The maximum atomic E-state index is 10.8. The van der Waals surface area contributed by atoms with E-state index in [4.69, 9.17) is 0 Å². The van der Waals surface area contributed by atoms with Gasteiger partial charge in [0.25, 0.3) is 0 Å². The Morgan fingerprint density at radius 3 is 3.00 bits per heavy atom. The Hall–Kier alpha value is -0.350. The number of halogens is 1. The lowest BCUT2D eigenvalue weighted by Gasteiger charge is -1.97. The van der Waals surface area contributed by atoms with Gasteiger partial charge in [0.2, 0.25) is 0 Å². The average molecular weight is 263 g/mol. The molecule has 2 nitrogen and oxygen atoms in total. The van der Waals surface area contributed by atoms with Gasteiger partial charge in [-0.2, -0.15) is 0 Å². The van der Waals surface area contributed by atoms with Crippen LogP contribution in [-0.4, -0.2) is 13.1 Å². The second kappa shape index (κ2) is 5.40. The molecule has 0 unspecified atom stereocenters. The lowest BCUT2D eigenvalue weighted by molar-refractivity contribution is -0.140. The van der Waals surface area contributed by atoms with Crippen molar-refractivity contribution in [3.05, 3.63) is 20.8 Å². The Morgan fingerprint density at radius 2 is 2.46 bits per heavy atom. The minimum Gasteiger partial charge on any atom is -0.469 e. The molecule has 0 spiro atoms. The van der Waals surface area contributed by atoms with Crippen LogP contribution >= 0.6 is 27.3 Å². The summed E-state index contributed by atoms with van der Waals surface area (Å²) in [6.07, 6.45) is 2.32. The van der Waals surface area contributed by atoms with Crippen LogP contribution in [-0.2, 0) is 16.0 Å². The van der Waals surface area contributed by atoms with E-state index in [9.17, 15) is 4.79 Å². The van der Waals surface area contributed by atoms with Crippen LogP contribution in [0.3, 0.4) is 0 Å². The van der Waals surface area contributed by atoms with Crippen LogP contribution in [0.1, 0.15) is 17.7 Å². The van der Waals surface area contributed by atoms with Gasteiger partial charge < -0.3 is 4.74 Å². The fourth-order valence-corrected chi connectivity index (χ4v) is 2.49. The van der Waals surface area contributed by atoms with E-state index in [1.165, 1.54) is 12.0 Å². The van der Waals surface area contributed by atoms with E-state index in [1.807, 2.05) is 5.38 Å². The molecule has 1 aromatic rings. The molecule has 0 bridgehead atoms. The molecule has 1 rings (SSSR count). The second-order valence-corrected chi connectivity index (χ2v) is 4.57. The molecule has 0 aliphatic rings. The third-order valence-corrected chi connectivity index (χ3v) is 3.41. The van der Waals surface area contributed by atoms with E-state index < -0.39 is 0 Å². The molecule has 72 valence electrons. The van der Waals surface area contributed by atoms with Crippen molar-refractivity contribution in [2.45, 2.75) is 19.3 Å². The minimum atomic E-state index is -0.129. The summed E-state index contributed by atoms with van der Waals surface area (Å²) >= 11 is 5.10. The molecule has 0 aromatic carbocycles. The summed E-state index contributed by atoms with van der Waals surface area (Å²) in [5.41, 5.74) is 0. The minimum absolute atomic E-state index is 0.129. The first kappa shape index (κ1) is 10.7. The van der Waals surface area contributed by atoms with Crippen molar-refractivity contribution in [3.63, 3.8) is 0 Å². The van der Waals surface area contributed by atoms with Crippen LogP contribution in [0, 0.1) is 0 Å². The quantitative estimate of drug-likeness (QED) is 0.780. The number of aryl methyl sites for hydroxylation is 1. The molecule has 0 saturated carbocycles. The lowest BCUT2D eigenvalue weighted by Crippen LogP contribution is -1.99. The van der Waals surface area contributed by atoms with Crippen molar-refractivity contribution < 1.29 is 9.53 Å². The summed E-state index contributed by atoms with van der Waals surface area (Å²) < 4.78 is 5.66. The molecule has 13 heavy (non-hydrogen) atoms. The topological polar surface area (TPSA) is 26.3 Å². The first-order chi connectivity index (χ1) is 6.22. The van der Waals surface area contributed by atoms with Gasteiger partial charge in [0.1, 0.15) is 0 Å². The summed E-state index contributed by atoms with van der Waals surface area (Å²) in [6.45, 7) is 0. The maximum absolute atomic E-state index is 10.8. The van der Waals surface area contributed by atoms with Crippen molar-refractivity contribution >= 4 is 33.2 Å². The summed E-state index contributed by atoms with van der Waals surface area (Å²) in [5, 5.41) is 2.05. The zero-order valence-corrected chi connectivity index (χ0v) is 9.78. The molecule has 0 amide bonds. The molecule has 4 heteroatoms. The van der Waals surface area contributed by atoms with Crippen LogP contribution in [0.2, 0.25) is 0 Å². The average Bonchev–Trinajstić information content (AvgIpc) is 2.51. The van der Waals surface area contributed by atoms with Gasteiger partial charge in [0.15, 0.2) is 0 Å². The highest BCUT2D eigenvalue weighted by Gasteiger charge is 2.01. The van der Waals surface area contributed by atoms with E-state index in [1.54, 1.807) is 11.3 Å². The zero-order valence-electron chi connectivity index (χ0n) is 7.38. The van der Waals surface area contributed by atoms with Gasteiger partial charge in [-0.05, 0) is 34.8 Å². The molecular formula is C9H11BrO2S. The van der Waals surface area contributed by atoms with E-state index in [-0.39, 0.29) is 5.97 Å². The standard InChI is InChI=1S/C9H11BrO2S/c1-12-9(11)4-2-3-8-5-7(10)6-13-8/h5-6H,2-4H2,1H3. The monoisotopic (exact) mass is 262 g/mol. The Bertz CT molecular complexity index is 283. The zero-order chi connectivity index (χ0) is 9.68. The van der Waals surface area contributed by atoms with Crippen LogP contribution in [0.4, 0.5) is 0 Å². The molecule has 0 fully saturated rings. The predicted molar refractivity (Wildman–Crippen MR) is 57.0 cm³/mol. The van der Waals surface area contributed by atoms with Crippen LogP contribution < -0.4 is 0 Å². The van der Waals surface area contributed by atoms with Crippen molar-refractivity contribution in [1.29, 1.82) is 0 Å². The lowest BCUT2D eigenvalue weighted by atomic mass is 10.2. The number of rotatable bonds is 4. The fraction of sp³-hybridized carbons (Fsp3) is 0.444. The molecule has 0 aliphatic heterocycles. The Morgan fingerprint density at radius 1 is 1.69 bits per heavy atom. The molecule has 0 N–H and O–H groups in total. The number of esters is 1. The Labute approximate surface area is 90.0 Å². The van der Waals surface area contributed by atoms with Crippen molar-refractivity contribution in [2.75, 3.05) is 7.11 Å². The number of carbonyl (C=O) groups is 1. The van der Waals surface area contributed by atoms with Gasteiger partial charge in [-0.3, -0.25) is 4.79 Å². The van der Waals surface area contributed by atoms with Gasteiger partial charge in [0.05, 0.1) is 7.11 Å². The number of methoxy groups -OCH3 is 1. The van der Waals surface area contributed by atoms with Gasteiger partial charge in [-0.1, -0.05) is 0 Å². The van der Waals surface area contributed by atoms with Crippen LogP contribution in [0.15, 0.2) is 15.9 Å². The molecule has 0 radical (unpaired) electrons. The molecule has 0 atom stereocenters.